The Labute approximate surface area is 158 Å². The maximum atomic E-state index is 12.4. The standard InChI is InChI=1S/C18H25ClN4O3/c19-15-1-3-16(4-2-15)20-18(25)23-9-7-22(8-10-23)17(24)5-6-21-11-13-26-14-12-21/h1-4H,5-14H2,(H,20,25). The number of nitrogens with zero attached hydrogens (tertiary/aromatic N) is 3. The first kappa shape index (κ1) is 18.9. The Morgan fingerprint density at radius 1 is 0.962 bits per heavy atom. The van der Waals surface area contributed by atoms with E-state index < -0.39 is 0 Å². The number of carbonyl (C=O) groups excluding carboxylic acids is 2. The summed E-state index contributed by atoms with van der Waals surface area (Å²) in [5.41, 5.74) is 0.711. The van der Waals surface area contributed by atoms with Crippen LogP contribution in [-0.2, 0) is 9.53 Å². The molecule has 1 aromatic carbocycles. The minimum Gasteiger partial charge on any atom is -0.379 e. The maximum absolute atomic E-state index is 12.4. The monoisotopic (exact) mass is 380 g/mol. The van der Waals surface area contributed by atoms with E-state index in [-0.39, 0.29) is 11.9 Å². The number of hydrogen-bond donors (Lipinski definition) is 1. The van der Waals surface area contributed by atoms with Gasteiger partial charge in [0.15, 0.2) is 0 Å². The summed E-state index contributed by atoms with van der Waals surface area (Å²) in [5, 5.41) is 3.49. The zero-order valence-electron chi connectivity index (χ0n) is 14.8. The molecule has 2 aliphatic rings. The van der Waals surface area contributed by atoms with Gasteiger partial charge in [-0.25, -0.2) is 4.79 Å². The summed E-state index contributed by atoms with van der Waals surface area (Å²) >= 11 is 5.85. The van der Waals surface area contributed by atoms with Gasteiger partial charge in [0.2, 0.25) is 5.91 Å². The van der Waals surface area contributed by atoms with Crippen molar-refractivity contribution >= 4 is 29.2 Å². The first-order chi connectivity index (χ1) is 12.6. The van der Waals surface area contributed by atoms with Crippen molar-refractivity contribution in [3.8, 4) is 0 Å². The quantitative estimate of drug-likeness (QED) is 0.864. The Balaban J connectivity index is 1.39. The molecule has 3 amide bonds. The van der Waals surface area contributed by atoms with Crippen molar-refractivity contribution in [3.05, 3.63) is 29.3 Å². The maximum Gasteiger partial charge on any atom is 0.321 e. The fourth-order valence-corrected chi connectivity index (χ4v) is 3.26. The van der Waals surface area contributed by atoms with E-state index in [9.17, 15) is 9.59 Å². The molecule has 1 N–H and O–H groups in total. The average Bonchev–Trinajstić information content (AvgIpc) is 2.69. The molecular weight excluding hydrogens is 356 g/mol. The number of nitrogens with one attached hydrogen (secondary N) is 1. The van der Waals surface area contributed by atoms with Crippen LogP contribution >= 0.6 is 11.6 Å². The highest BCUT2D eigenvalue weighted by atomic mass is 35.5. The van der Waals surface area contributed by atoms with Crippen LogP contribution < -0.4 is 5.32 Å². The predicted octanol–water partition coefficient (Wildman–Crippen LogP) is 1.74. The van der Waals surface area contributed by atoms with Crippen molar-refractivity contribution in [1.82, 2.24) is 14.7 Å². The van der Waals surface area contributed by atoms with Crippen LogP contribution in [0.2, 0.25) is 5.02 Å². The molecular formula is C18H25ClN4O3. The molecule has 26 heavy (non-hydrogen) atoms. The topological polar surface area (TPSA) is 65.1 Å². The van der Waals surface area contributed by atoms with Crippen molar-refractivity contribution in [2.45, 2.75) is 6.42 Å². The predicted molar refractivity (Wildman–Crippen MR) is 100 cm³/mol. The lowest BCUT2D eigenvalue weighted by atomic mass is 10.2. The number of anilines is 1. The van der Waals surface area contributed by atoms with Crippen LogP contribution in [0.3, 0.4) is 0 Å². The second-order valence-electron chi connectivity index (χ2n) is 6.51. The molecule has 142 valence electrons. The van der Waals surface area contributed by atoms with Crippen molar-refractivity contribution in [2.75, 3.05) is 64.3 Å². The molecule has 0 radical (unpaired) electrons. The smallest absolute Gasteiger partial charge is 0.321 e. The molecule has 2 aliphatic heterocycles. The van der Waals surface area contributed by atoms with E-state index in [0.29, 0.717) is 43.3 Å². The van der Waals surface area contributed by atoms with Gasteiger partial charge in [-0.05, 0) is 24.3 Å². The lowest BCUT2D eigenvalue weighted by molar-refractivity contribution is -0.133. The number of ether oxygens (including phenoxy) is 1. The molecule has 2 heterocycles. The van der Waals surface area contributed by atoms with E-state index in [1.54, 1.807) is 29.2 Å². The van der Waals surface area contributed by atoms with E-state index in [2.05, 4.69) is 10.2 Å². The minimum absolute atomic E-state index is 0.146. The lowest BCUT2D eigenvalue weighted by Gasteiger charge is -2.35. The van der Waals surface area contributed by atoms with Gasteiger partial charge in [-0.2, -0.15) is 0 Å². The summed E-state index contributed by atoms with van der Waals surface area (Å²) in [4.78, 5) is 30.5. The second kappa shape index (κ2) is 9.21. The molecule has 0 spiro atoms. The summed E-state index contributed by atoms with van der Waals surface area (Å²) in [6, 6.07) is 6.87. The SMILES string of the molecule is O=C(CCN1CCOCC1)N1CCN(C(=O)Nc2ccc(Cl)cc2)CC1. The third kappa shape index (κ3) is 5.33. The summed E-state index contributed by atoms with van der Waals surface area (Å²) < 4.78 is 5.32. The van der Waals surface area contributed by atoms with Gasteiger partial charge in [-0.1, -0.05) is 11.6 Å². The number of benzene rings is 1. The largest absolute Gasteiger partial charge is 0.379 e. The van der Waals surface area contributed by atoms with E-state index in [4.69, 9.17) is 16.3 Å². The van der Waals surface area contributed by atoms with Crippen LogP contribution in [0.4, 0.5) is 10.5 Å². The number of piperazine rings is 1. The number of amides is 3. The number of rotatable bonds is 4. The Kier molecular flexibility index (Phi) is 6.71. The molecule has 2 fully saturated rings. The summed E-state index contributed by atoms with van der Waals surface area (Å²) in [5.74, 6) is 0.161. The second-order valence-corrected chi connectivity index (χ2v) is 6.95. The third-order valence-corrected chi connectivity index (χ3v) is 5.01. The first-order valence-corrected chi connectivity index (χ1v) is 9.39. The van der Waals surface area contributed by atoms with Crippen LogP contribution in [0, 0.1) is 0 Å². The third-order valence-electron chi connectivity index (χ3n) is 4.76. The molecule has 0 aliphatic carbocycles. The highest BCUT2D eigenvalue weighted by molar-refractivity contribution is 6.30. The Bertz CT molecular complexity index is 611. The van der Waals surface area contributed by atoms with Crippen LogP contribution in [0.5, 0.6) is 0 Å². The summed E-state index contributed by atoms with van der Waals surface area (Å²) in [6.07, 6.45) is 0.525. The molecule has 0 bridgehead atoms. The molecule has 3 rings (SSSR count). The molecule has 0 atom stereocenters. The number of halogens is 1. The molecule has 0 saturated carbocycles. The van der Waals surface area contributed by atoms with Gasteiger partial charge in [0.1, 0.15) is 0 Å². The summed E-state index contributed by atoms with van der Waals surface area (Å²) in [6.45, 7) is 6.31. The zero-order valence-corrected chi connectivity index (χ0v) is 15.6. The number of urea groups is 1. The van der Waals surface area contributed by atoms with Crippen LogP contribution in [0.25, 0.3) is 0 Å². The summed E-state index contributed by atoms with van der Waals surface area (Å²) in [7, 11) is 0. The van der Waals surface area contributed by atoms with Crippen molar-refractivity contribution in [3.63, 3.8) is 0 Å². The number of hydrogen-bond acceptors (Lipinski definition) is 4. The number of carbonyl (C=O) groups is 2. The Morgan fingerprint density at radius 3 is 2.23 bits per heavy atom. The molecule has 0 aromatic heterocycles. The highest BCUT2D eigenvalue weighted by Crippen LogP contribution is 2.14. The molecule has 2 saturated heterocycles. The highest BCUT2D eigenvalue weighted by Gasteiger charge is 2.24. The van der Waals surface area contributed by atoms with Gasteiger partial charge < -0.3 is 19.9 Å². The van der Waals surface area contributed by atoms with Gasteiger partial charge in [0, 0.05) is 62.9 Å². The van der Waals surface area contributed by atoms with Gasteiger partial charge in [-0.3, -0.25) is 9.69 Å². The first-order valence-electron chi connectivity index (χ1n) is 9.01. The average molecular weight is 381 g/mol. The van der Waals surface area contributed by atoms with Gasteiger partial charge in [-0.15, -0.1) is 0 Å². The van der Waals surface area contributed by atoms with Gasteiger partial charge in [0.05, 0.1) is 13.2 Å². The van der Waals surface area contributed by atoms with Crippen molar-refractivity contribution in [1.29, 1.82) is 0 Å². The molecule has 1 aromatic rings. The zero-order chi connectivity index (χ0) is 18.4. The lowest BCUT2D eigenvalue weighted by Crippen LogP contribution is -2.52. The van der Waals surface area contributed by atoms with Crippen LogP contribution in [-0.4, -0.2) is 85.7 Å². The van der Waals surface area contributed by atoms with E-state index >= 15 is 0 Å². The van der Waals surface area contributed by atoms with Crippen LogP contribution in [0.1, 0.15) is 6.42 Å². The Morgan fingerprint density at radius 2 is 1.58 bits per heavy atom. The molecule has 7 nitrogen and oxygen atoms in total. The van der Waals surface area contributed by atoms with Crippen molar-refractivity contribution < 1.29 is 14.3 Å². The normalized spacial score (nSPS) is 18.7. The minimum atomic E-state index is -0.146. The van der Waals surface area contributed by atoms with E-state index in [1.165, 1.54) is 0 Å². The van der Waals surface area contributed by atoms with Crippen molar-refractivity contribution in [2.24, 2.45) is 0 Å². The van der Waals surface area contributed by atoms with E-state index in [1.807, 2.05) is 4.90 Å². The fourth-order valence-electron chi connectivity index (χ4n) is 3.13. The van der Waals surface area contributed by atoms with E-state index in [0.717, 1.165) is 32.8 Å². The van der Waals surface area contributed by atoms with Gasteiger partial charge in [0.25, 0.3) is 0 Å². The Hall–Kier alpha value is -1.83. The fraction of sp³-hybridized carbons (Fsp3) is 0.556. The van der Waals surface area contributed by atoms with Crippen LogP contribution in [0.15, 0.2) is 24.3 Å². The van der Waals surface area contributed by atoms with Gasteiger partial charge >= 0.3 is 6.03 Å². The molecule has 0 unspecified atom stereocenters. The molecule has 8 heteroatoms. The number of morpholine rings is 1.